The first-order valence-electron chi connectivity index (χ1n) is 11.3. The van der Waals surface area contributed by atoms with Crippen LogP contribution in [0.4, 0.5) is 11.4 Å². The topological polar surface area (TPSA) is 40.6 Å². The molecule has 0 N–H and O–H groups in total. The lowest BCUT2D eigenvalue weighted by molar-refractivity contribution is -0.146. The van der Waals surface area contributed by atoms with E-state index in [1.54, 1.807) is 0 Å². The van der Waals surface area contributed by atoms with Gasteiger partial charge in [0.05, 0.1) is 11.8 Å². The van der Waals surface area contributed by atoms with Gasteiger partial charge in [-0.1, -0.05) is 64.1 Å². The van der Waals surface area contributed by atoms with E-state index in [-0.39, 0.29) is 22.4 Å². The van der Waals surface area contributed by atoms with Crippen LogP contribution in [0.2, 0.25) is 0 Å². The van der Waals surface area contributed by atoms with E-state index in [4.69, 9.17) is 0 Å². The Balaban J connectivity index is 1.45. The molecule has 2 aromatic carbocycles. The van der Waals surface area contributed by atoms with E-state index in [0.29, 0.717) is 0 Å². The first kappa shape index (κ1) is 20.7. The predicted octanol–water partition coefficient (Wildman–Crippen LogP) is 4.99. The van der Waals surface area contributed by atoms with Crippen molar-refractivity contribution in [3.63, 3.8) is 0 Å². The molecule has 0 amide bonds. The summed E-state index contributed by atoms with van der Waals surface area (Å²) in [6.07, 6.45) is 3.80. The monoisotopic (exact) mass is 426 g/mol. The van der Waals surface area contributed by atoms with Gasteiger partial charge < -0.3 is 9.80 Å². The zero-order valence-corrected chi connectivity index (χ0v) is 19.6. The molecular formula is C28H30N2O2. The molecule has 0 aromatic heterocycles. The Kier molecular flexibility index (Phi) is 4.33. The lowest BCUT2D eigenvalue weighted by Crippen LogP contribution is -2.48. The number of hydrogen-bond donors (Lipinski definition) is 0. The zero-order valence-electron chi connectivity index (χ0n) is 19.6. The molecular weight excluding hydrogens is 396 g/mol. The van der Waals surface area contributed by atoms with Gasteiger partial charge in [0.15, 0.2) is 11.6 Å². The molecule has 164 valence electrons. The third-order valence-electron chi connectivity index (χ3n) is 7.76. The largest absolute Gasteiger partial charge is 0.347 e. The van der Waals surface area contributed by atoms with Crippen molar-refractivity contribution >= 4 is 22.9 Å². The van der Waals surface area contributed by atoms with Gasteiger partial charge in [-0.25, -0.2) is 0 Å². The van der Waals surface area contributed by atoms with Crippen LogP contribution in [0.15, 0.2) is 72.1 Å². The van der Waals surface area contributed by atoms with Crippen LogP contribution in [-0.4, -0.2) is 25.7 Å². The maximum atomic E-state index is 13.2. The highest BCUT2D eigenvalue weighted by Crippen LogP contribution is 2.50. The van der Waals surface area contributed by atoms with Crippen molar-refractivity contribution < 1.29 is 9.59 Å². The van der Waals surface area contributed by atoms with Crippen molar-refractivity contribution in [3.8, 4) is 0 Å². The third kappa shape index (κ3) is 2.62. The van der Waals surface area contributed by atoms with E-state index in [9.17, 15) is 9.59 Å². The highest BCUT2D eigenvalue weighted by atomic mass is 16.2. The molecule has 0 saturated heterocycles. The molecule has 32 heavy (non-hydrogen) atoms. The molecule has 2 aromatic rings. The summed E-state index contributed by atoms with van der Waals surface area (Å²) in [5, 5.41) is 0. The first-order chi connectivity index (χ1) is 15.1. The molecule has 0 radical (unpaired) electrons. The molecule has 2 heterocycles. The lowest BCUT2D eigenvalue weighted by Gasteiger charge is -2.33. The third-order valence-corrected chi connectivity index (χ3v) is 7.76. The van der Waals surface area contributed by atoms with Crippen LogP contribution in [0.5, 0.6) is 0 Å². The summed E-state index contributed by atoms with van der Waals surface area (Å²) >= 11 is 0. The number of ketones is 2. The molecule has 0 bridgehead atoms. The van der Waals surface area contributed by atoms with E-state index in [1.807, 2.05) is 50.5 Å². The zero-order chi connectivity index (χ0) is 23.0. The summed E-state index contributed by atoms with van der Waals surface area (Å²) < 4.78 is 0. The number of allylic oxidation sites excluding steroid dienone is 4. The van der Waals surface area contributed by atoms with E-state index in [2.05, 4.69) is 61.8 Å². The van der Waals surface area contributed by atoms with Gasteiger partial charge in [0.2, 0.25) is 0 Å². The van der Waals surface area contributed by atoms with Crippen LogP contribution in [0.25, 0.3) is 0 Å². The summed E-state index contributed by atoms with van der Waals surface area (Å²) in [5.41, 5.74) is 6.25. The standard InChI is InChI=1S/C28H30N2O2/c1-27(2)19-11-7-9-13-21(19)29(5)23(27)15-17-25(31)18(26(17)32)16-24-28(3,4)20-12-8-10-14-22(20)30(24)6/h7-18H,1-6H3. The SMILES string of the molecule is CN1C(=CC2C(=O)C(C=C3N(C)c4ccccc4C3(C)C)C2=O)C(C)(C)c2ccccc21. The molecule has 1 fully saturated rings. The molecule has 3 aliphatic rings. The highest BCUT2D eigenvalue weighted by Gasteiger charge is 2.50. The second kappa shape index (κ2) is 6.68. The number of carbonyl (C=O) groups excluding carboxylic acids is 2. The average molecular weight is 427 g/mol. The van der Waals surface area contributed by atoms with Crippen LogP contribution in [0, 0.1) is 11.8 Å². The number of carbonyl (C=O) groups is 2. The molecule has 0 unspecified atom stereocenters. The van der Waals surface area contributed by atoms with E-state index in [0.717, 1.165) is 22.8 Å². The summed E-state index contributed by atoms with van der Waals surface area (Å²) in [6.45, 7) is 8.62. The Labute approximate surface area is 190 Å². The van der Waals surface area contributed by atoms with Gasteiger partial charge >= 0.3 is 0 Å². The normalized spacial score (nSPS) is 27.7. The Morgan fingerprint density at radius 2 is 1.00 bits per heavy atom. The van der Waals surface area contributed by atoms with Gasteiger partial charge in [-0.3, -0.25) is 9.59 Å². The van der Waals surface area contributed by atoms with Crippen molar-refractivity contribution in [2.24, 2.45) is 11.8 Å². The minimum absolute atomic E-state index is 0.00434. The Morgan fingerprint density at radius 1 is 0.656 bits per heavy atom. The van der Waals surface area contributed by atoms with Gasteiger partial charge in [-0.15, -0.1) is 0 Å². The number of para-hydroxylation sites is 2. The van der Waals surface area contributed by atoms with E-state index >= 15 is 0 Å². The number of Topliss-reactive ketones (excluding diaryl/α,β-unsaturated/α-hetero) is 2. The molecule has 1 saturated carbocycles. The summed E-state index contributed by atoms with van der Waals surface area (Å²) in [5.74, 6) is -1.34. The molecule has 0 atom stereocenters. The number of fused-ring (bicyclic) bond motifs is 2. The number of benzene rings is 2. The molecule has 4 nitrogen and oxygen atoms in total. The van der Waals surface area contributed by atoms with Gasteiger partial charge in [0.25, 0.3) is 0 Å². The smallest absolute Gasteiger partial charge is 0.161 e. The van der Waals surface area contributed by atoms with Crippen molar-refractivity contribution in [3.05, 3.63) is 83.2 Å². The van der Waals surface area contributed by atoms with Gasteiger partial charge in [-0.2, -0.15) is 0 Å². The van der Waals surface area contributed by atoms with Crippen molar-refractivity contribution in [1.29, 1.82) is 0 Å². The fraction of sp³-hybridized carbons (Fsp3) is 0.357. The van der Waals surface area contributed by atoms with Crippen LogP contribution in [-0.2, 0) is 20.4 Å². The fourth-order valence-electron chi connectivity index (χ4n) is 5.82. The number of rotatable bonds is 2. The predicted molar refractivity (Wildman–Crippen MR) is 129 cm³/mol. The van der Waals surface area contributed by atoms with Crippen LogP contribution >= 0.6 is 0 Å². The summed E-state index contributed by atoms with van der Waals surface area (Å²) in [4.78, 5) is 30.6. The van der Waals surface area contributed by atoms with Crippen molar-refractivity contribution in [2.45, 2.75) is 38.5 Å². The molecule has 2 aliphatic heterocycles. The number of likely N-dealkylation sites (N-methyl/N-ethyl adjacent to an activating group) is 2. The average Bonchev–Trinajstić information content (AvgIpc) is 3.09. The Morgan fingerprint density at radius 3 is 1.34 bits per heavy atom. The van der Waals surface area contributed by atoms with Crippen molar-refractivity contribution in [1.82, 2.24) is 0 Å². The van der Waals surface area contributed by atoms with Crippen LogP contribution in [0.1, 0.15) is 38.8 Å². The van der Waals surface area contributed by atoms with Crippen LogP contribution < -0.4 is 9.80 Å². The summed E-state index contributed by atoms with van der Waals surface area (Å²) in [7, 11) is 4.03. The Bertz CT molecular complexity index is 1110. The second-order valence-corrected chi connectivity index (χ2v) is 10.3. The Hall–Kier alpha value is -3.14. The van der Waals surface area contributed by atoms with Gasteiger partial charge in [0, 0.05) is 47.7 Å². The lowest BCUT2D eigenvalue weighted by atomic mass is 9.69. The van der Waals surface area contributed by atoms with Gasteiger partial charge in [-0.05, 0) is 35.4 Å². The number of anilines is 2. The van der Waals surface area contributed by atoms with Crippen LogP contribution in [0.3, 0.4) is 0 Å². The quantitative estimate of drug-likeness (QED) is 0.634. The van der Waals surface area contributed by atoms with E-state index < -0.39 is 11.8 Å². The summed E-state index contributed by atoms with van der Waals surface area (Å²) in [6, 6.07) is 16.5. The molecule has 4 heteroatoms. The maximum absolute atomic E-state index is 13.2. The molecule has 5 rings (SSSR count). The first-order valence-corrected chi connectivity index (χ1v) is 11.3. The van der Waals surface area contributed by atoms with Gasteiger partial charge in [0.1, 0.15) is 0 Å². The minimum Gasteiger partial charge on any atom is -0.347 e. The number of hydrogen-bond acceptors (Lipinski definition) is 4. The second-order valence-electron chi connectivity index (χ2n) is 10.3. The fourth-order valence-corrected chi connectivity index (χ4v) is 5.82. The molecule has 0 spiro atoms. The highest BCUT2D eigenvalue weighted by molar-refractivity contribution is 6.26. The maximum Gasteiger partial charge on any atom is 0.161 e. The minimum atomic E-state index is -0.667. The van der Waals surface area contributed by atoms with E-state index in [1.165, 1.54) is 11.1 Å². The number of nitrogens with zero attached hydrogens (tertiary/aromatic N) is 2. The van der Waals surface area contributed by atoms with Crippen molar-refractivity contribution in [2.75, 3.05) is 23.9 Å². The molecule has 1 aliphatic carbocycles.